The normalized spacial score (nSPS) is 15.2. The van der Waals surface area contributed by atoms with E-state index in [-0.39, 0.29) is 5.69 Å². The molecule has 134 valence electrons. The second-order valence-electron chi connectivity index (χ2n) is 6.46. The van der Waals surface area contributed by atoms with Crippen molar-refractivity contribution in [3.63, 3.8) is 0 Å². The Hall–Kier alpha value is -2.21. The quantitative estimate of drug-likeness (QED) is 0.775. The molecule has 1 fully saturated rings. The minimum Gasteiger partial charge on any atom is -0.461 e. The largest absolute Gasteiger partial charge is 0.461 e. The maximum atomic E-state index is 12.0. The van der Waals surface area contributed by atoms with Gasteiger partial charge in [-0.1, -0.05) is 37.5 Å². The smallest absolute Gasteiger partial charge is 0.361 e. The van der Waals surface area contributed by atoms with Gasteiger partial charge in [0.2, 0.25) is 0 Å². The summed E-state index contributed by atoms with van der Waals surface area (Å²) in [5.74, 6) is 0.230. The van der Waals surface area contributed by atoms with E-state index in [1.54, 1.807) is 6.92 Å². The molecule has 1 aromatic heterocycles. The zero-order chi connectivity index (χ0) is 17.5. The summed E-state index contributed by atoms with van der Waals surface area (Å²) >= 11 is 0. The van der Waals surface area contributed by atoms with E-state index < -0.39 is 5.97 Å². The van der Waals surface area contributed by atoms with Crippen molar-refractivity contribution < 1.29 is 14.3 Å². The zero-order valence-electron chi connectivity index (χ0n) is 14.7. The van der Waals surface area contributed by atoms with Gasteiger partial charge in [0.05, 0.1) is 13.2 Å². The van der Waals surface area contributed by atoms with Crippen molar-refractivity contribution in [2.75, 3.05) is 13.2 Å². The van der Waals surface area contributed by atoms with Crippen LogP contribution in [0, 0.1) is 5.92 Å². The number of aromatic nitrogens is 3. The molecule has 0 amide bonds. The van der Waals surface area contributed by atoms with Crippen LogP contribution < -0.4 is 0 Å². The van der Waals surface area contributed by atoms with Crippen LogP contribution in [0.2, 0.25) is 0 Å². The third-order valence-electron chi connectivity index (χ3n) is 4.56. The van der Waals surface area contributed by atoms with E-state index in [9.17, 15) is 4.79 Å². The summed E-state index contributed by atoms with van der Waals surface area (Å²) in [5.41, 5.74) is 2.61. The Morgan fingerprint density at radius 3 is 2.88 bits per heavy atom. The highest BCUT2D eigenvalue weighted by Crippen LogP contribution is 2.25. The van der Waals surface area contributed by atoms with E-state index in [1.807, 2.05) is 24.3 Å². The molecule has 1 aliphatic rings. The molecule has 1 N–H and O–H groups in total. The third kappa shape index (κ3) is 4.66. The van der Waals surface area contributed by atoms with Crippen LogP contribution in [0.5, 0.6) is 0 Å². The standard InChI is InChI=1S/C19H25N3O3/c1-2-25-19(23)18-17(20-22-21-18)16-10-6-9-15(11-16)13-24-12-14-7-4-3-5-8-14/h6,9-11,14H,2-5,7-8,12-13H2,1H3,(H,20,21,22). The number of H-pyrrole nitrogens is 1. The number of aromatic amines is 1. The second-order valence-corrected chi connectivity index (χ2v) is 6.46. The predicted molar refractivity (Wildman–Crippen MR) is 94.0 cm³/mol. The minimum absolute atomic E-state index is 0.210. The van der Waals surface area contributed by atoms with Gasteiger partial charge in [-0.3, -0.25) is 0 Å². The monoisotopic (exact) mass is 343 g/mol. The number of carbonyl (C=O) groups excluding carboxylic acids is 1. The molecule has 0 radical (unpaired) electrons. The van der Waals surface area contributed by atoms with E-state index in [0.29, 0.717) is 24.8 Å². The number of benzene rings is 1. The van der Waals surface area contributed by atoms with Crippen LogP contribution in [0.1, 0.15) is 55.1 Å². The number of rotatable bonds is 7. The average molecular weight is 343 g/mol. The van der Waals surface area contributed by atoms with Gasteiger partial charge in [-0.25, -0.2) is 4.79 Å². The van der Waals surface area contributed by atoms with E-state index in [2.05, 4.69) is 15.4 Å². The van der Waals surface area contributed by atoms with Crippen molar-refractivity contribution in [2.45, 2.75) is 45.6 Å². The first kappa shape index (κ1) is 17.6. The van der Waals surface area contributed by atoms with Gasteiger partial charge in [0.15, 0.2) is 5.69 Å². The van der Waals surface area contributed by atoms with Crippen LogP contribution in [0.4, 0.5) is 0 Å². The molecule has 0 unspecified atom stereocenters. The summed E-state index contributed by atoms with van der Waals surface area (Å²) in [6.07, 6.45) is 6.57. The lowest BCUT2D eigenvalue weighted by Crippen LogP contribution is -2.13. The molecule has 2 aromatic rings. The summed E-state index contributed by atoms with van der Waals surface area (Å²) in [6.45, 7) is 3.46. The van der Waals surface area contributed by atoms with E-state index in [0.717, 1.165) is 17.7 Å². The summed E-state index contributed by atoms with van der Waals surface area (Å²) in [5, 5.41) is 10.5. The molecule has 6 nitrogen and oxygen atoms in total. The van der Waals surface area contributed by atoms with Crippen molar-refractivity contribution in [2.24, 2.45) is 5.92 Å². The maximum absolute atomic E-state index is 12.0. The van der Waals surface area contributed by atoms with Gasteiger partial charge in [0, 0.05) is 12.2 Å². The number of esters is 1. The fourth-order valence-corrected chi connectivity index (χ4v) is 3.28. The van der Waals surface area contributed by atoms with Crippen LogP contribution in [0.15, 0.2) is 24.3 Å². The molecular weight excluding hydrogens is 318 g/mol. The van der Waals surface area contributed by atoms with Crippen LogP contribution in [0.25, 0.3) is 11.3 Å². The SMILES string of the molecule is CCOC(=O)c1n[nH]nc1-c1cccc(COCC2CCCCC2)c1. The lowest BCUT2D eigenvalue weighted by atomic mass is 9.90. The topological polar surface area (TPSA) is 77.1 Å². The minimum atomic E-state index is -0.467. The first-order valence-electron chi connectivity index (χ1n) is 9.03. The summed E-state index contributed by atoms with van der Waals surface area (Å²) in [4.78, 5) is 12.0. The lowest BCUT2D eigenvalue weighted by molar-refractivity contribution is 0.0520. The zero-order valence-corrected chi connectivity index (χ0v) is 14.7. The Bertz CT molecular complexity index is 693. The van der Waals surface area contributed by atoms with Crippen molar-refractivity contribution in [3.8, 4) is 11.3 Å². The van der Waals surface area contributed by atoms with Gasteiger partial charge in [0.1, 0.15) is 5.69 Å². The van der Waals surface area contributed by atoms with Crippen molar-refractivity contribution in [1.29, 1.82) is 0 Å². The first-order valence-corrected chi connectivity index (χ1v) is 9.03. The summed E-state index contributed by atoms with van der Waals surface area (Å²) < 4.78 is 10.9. The molecule has 1 saturated carbocycles. The Balaban J connectivity index is 1.63. The molecule has 1 aliphatic carbocycles. The van der Waals surface area contributed by atoms with E-state index >= 15 is 0 Å². The lowest BCUT2D eigenvalue weighted by Gasteiger charge is -2.21. The molecule has 3 rings (SSSR count). The van der Waals surface area contributed by atoms with E-state index in [1.165, 1.54) is 32.1 Å². The van der Waals surface area contributed by atoms with E-state index in [4.69, 9.17) is 9.47 Å². The molecule has 1 heterocycles. The third-order valence-corrected chi connectivity index (χ3v) is 4.56. The Kier molecular flexibility index (Phi) is 6.17. The number of hydrogen-bond acceptors (Lipinski definition) is 5. The molecule has 0 spiro atoms. The number of nitrogens with zero attached hydrogens (tertiary/aromatic N) is 2. The number of ether oxygens (including phenoxy) is 2. The van der Waals surface area contributed by atoms with Crippen LogP contribution in [-0.2, 0) is 16.1 Å². The highest BCUT2D eigenvalue weighted by molar-refractivity contribution is 5.93. The second kappa shape index (κ2) is 8.76. The Morgan fingerprint density at radius 2 is 2.08 bits per heavy atom. The predicted octanol–water partition coefficient (Wildman–Crippen LogP) is 3.75. The highest BCUT2D eigenvalue weighted by Gasteiger charge is 2.19. The van der Waals surface area contributed by atoms with Crippen LogP contribution in [0.3, 0.4) is 0 Å². The van der Waals surface area contributed by atoms with Gasteiger partial charge < -0.3 is 9.47 Å². The van der Waals surface area contributed by atoms with Crippen molar-refractivity contribution >= 4 is 5.97 Å². The number of hydrogen-bond donors (Lipinski definition) is 1. The molecule has 0 aliphatic heterocycles. The molecule has 0 atom stereocenters. The molecule has 1 aromatic carbocycles. The fourth-order valence-electron chi connectivity index (χ4n) is 3.28. The molecule has 25 heavy (non-hydrogen) atoms. The van der Waals surface area contributed by atoms with Gasteiger partial charge in [-0.2, -0.15) is 10.3 Å². The number of carbonyl (C=O) groups is 1. The summed E-state index contributed by atoms with van der Waals surface area (Å²) in [6, 6.07) is 7.86. The highest BCUT2D eigenvalue weighted by atomic mass is 16.5. The molecule has 6 heteroatoms. The average Bonchev–Trinajstić information content (AvgIpc) is 3.13. The van der Waals surface area contributed by atoms with Crippen molar-refractivity contribution in [1.82, 2.24) is 15.4 Å². The van der Waals surface area contributed by atoms with Crippen LogP contribution in [-0.4, -0.2) is 34.6 Å². The summed E-state index contributed by atoms with van der Waals surface area (Å²) in [7, 11) is 0. The molecular formula is C19H25N3O3. The number of nitrogens with one attached hydrogen (secondary N) is 1. The van der Waals surface area contributed by atoms with Crippen molar-refractivity contribution in [3.05, 3.63) is 35.5 Å². The van der Waals surface area contributed by atoms with Gasteiger partial charge >= 0.3 is 5.97 Å². The van der Waals surface area contributed by atoms with Gasteiger partial charge in [-0.15, -0.1) is 5.10 Å². The van der Waals surface area contributed by atoms with Gasteiger partial charge in [0.25, 0.3) is 0 Å². The first-order chi connectivity index (χ1) is 12.3. The Morgan fingerprint density at radius 1 is 1.24 bits per heavy atom. The van der Waals surface area contributed by atoms with Crippen LogP contribution >= 0.6 is 0 Å². The maximum Gasteiger partial charge on any atom is 0.361 e. The molecule has 0 saturated heterocycles. The Labute approximate surface area is 147 Å². The molecule has 0 bridgehead atoms. The fraction of sp³-hybridized carbons (Fsp3) is 0.526. The van der Waals surface area contributed by atoms with Gasteiger partial charge in [-0.05, 0) is 37.3 Å².